The first-order valence-electron chi connectivity index (χ1n) is 4.30. The van der Waals surface area contributed by atoms with Crippen molar-refractivity contribution in [2.24, 2.45) is 0 Å². The van der Waals surface area contributed by atoms with Gasteiger partial charge >= 0.3 is 21.7 Å². The SMILES string of the molecule is CC(=O)c1ccc[c-]1Cl.[Ti+2].c1cc[cH-]c1. The van der Waals surface area contributed by atoms with Crippen LogP contribution >= 0.6 is 11.6 Å². The number of hydrogen-bond acceptors (Lipinski definition) is 1. The fourth-order valence-corrected chi connectivity index (χ4v) is 1.27. The van der Waals surface area contributed by atoms with Gasteiger partial charge in [0.1, 0.15) is 0 Å². The predicted octanol–water partition coefficient (Wildman–Crippen LogP) is 3.66. The summed E-state index contributed by atoms with van der Waals surface area (Å²) in [4.78, 5) is 10.6. The van der Waals surface area contributed by atoms with Crippen LogP contribution < -0.4 is 0 Å². The molecule has 0 radical (unpaired) electrons. The quantitative estimate of drug-likeness (QED) is 0.431. The third-order valence-corrected chi connectivity index (χ3v) is 2.03. The summed E-state index contributed by atoms with van der Waals surface area (Å²) in [5, 5.41) is 0.544. The molecule has 0 aromatic heterocycles. The molecule has 0 bridgehead atoms. The molecule has 0 unspecified atom stereocenters. The maximum absolute atomic E-state index is 10.6. The van der Waals surface area contributed by atoms with Crippen molar-refractivity contribution in [3.8, 4) is 0 Å². The Morgan fingerprint density at radius 2 is 1.93 bits per heavy atom. The van der Waals surface area contributed by atoms with Crippen LogP contribution in [0, 0.1) is 0 Å². The zero-order valence-electron chi connectivity index (χ0n) is 8.41. The topological polar surface area (TPSA) is 17.1 Å². The van der Waals surface area contributed by atoms with Gasteiger partial charge < -0.3 is 4.79 Å². The Kier molecular flexibility index (Phi) is 7.32. The molecule has 3 heteroatoms. The Balaban J connectivity index is 0.000000280. The molecule has 76 valence electrons. The molecule has 0 amide bonds. The molecule has 0 aliphatic rings. The van der Waals surface area contributed by atoms with Crippen LogP contribution in [0.1, 0.15) is 17.3 Å². The molecule has 0 N–H and O–H groups in total. The van der Waals surface area contributed by atoms with Crippen LogP contribution in [0.5, 0.6) is 0 Å². The standard InChI is InChI=1S/C7H6ClO.C5H5.Ti/c1-5(9)6-3-2-4-7(6)8;1-2-4-5-3-1;/h2-4H,1H3;1-5H;/q2*-1;+2. The summed E-state index contributed by atoms with van der Waals surface area (Å²) in [7, 11) is 0. The van der Waals surface area contributed by atoms with Gasteiger partial charge in [-0.25, -0.2) is 12.1 Å². The predicted molar refractivity (Wildman–Crippen MR) is 59.1 cm³/mol. The van der Waals surface area contributed by atoms with E-state index in [-0.39, 0.29) is 27.5 Å². The van der Waals surface area contributed by atoms with Crippen molar-refractivity contribution in [2.45, 2.75) is 6.92 Å². The van der Waals surface area contributed by atoms with Gasteiger partial charge in [0.05, 0.1) is 5.78 Å². The molecule has 0 aliphatic carbocycles. The van der Waals surface area contributed by atoms with Gasteiger partial charge in [-0.1, -0.05) is 5.56 Å². The Bertz CT molecular complexity index is 359. The van der Waals surface area contributed by atoms with E-state index < -0.39 is 0 Å². The molecular weight excluding hydrogens is 243 g/mol. The van der Waals surface area contributed by atoms with Crippen LogP contribution in [-0.2, 0) is 21.7 Å². The smallest absolute Gasteiger partial charge is 0.352 e. The molecule has 2 aromatic rings. The Morgan fingerprint density at radius 1 is 1.33 bits per heavy atom. The van der Waals surface area contributed by atoms with Crippen molar-refractivity contribution in [3.63, 3.8) is 0 Å². The van der Waals surface area contributed by atoms with Crippen LogP contribution in [0.3, 0.4) is 0 Å². The molecule has 0 atom stereocenters. The fourth-order valence-electron chi connectivity index (χ4n) is 1.00. The number of carbonyl (C=O) groups excluding carboxylic acids is 1. The number of carbonyl (C=O) groups is 1. The summed E-state index contributed by atoms with van der Waals surface area (Å²) < 4.78 is 0. The van der Waals surface area contributed by atoms with E-state index in [1.165, 1.54) is 6.92 Å². The van der Waals surface area contributed by atoms with Crippen LogP contribution in [0.15, 0.2) is 48.5 Å². The van der Waals surface area contributed by atoms with E-state index in [1.807, 2.05) is 30.3 Å². The van der Waals surface area contributed by atoms with E-state index in [4.69, 9.17) is 11.6 Å². The number of ketones is 1. The minimum absolute atomic E-state index is 0. The first-order chi connectivity index (χ1) is 6.72. The van der Waals surface area contributed by atoms with Crippen LogP contribution in [0.25, 0.3) is 0 Å². The summed E-state index contributed by atoms with van der Waals surface area (Å²) in [5.41, 5.74) is 0.608. The van der Waals surface area contributed by atoms with Crippen molar-refractivity contribution in [3.05, 3.63) is 59.1 Å². The molecule has 0 aliphatic heterocycles. The molecule has 0 saturated heterocycles. The van der Waals surface area contributed by atoms with Crippen molar-refractivity contribution < 1.29 is 26.5 Å². The molecule has 0 saturated carbocycles. The molecule has 1 nitrogen and oxygen atoms in total. The average molecular weight is 255 g/mol. The second-order valence-corrected chi connectivity index (χ2v) is 3.21. The monoisotopic (exact) mass is 254 g/mol. The van der Waals surface area contributed by atoms with Gasteiger partial charge in [-0.2, -0.15) is 30.3 Å². The molecule has 0 heterocycles. The van der Waals surface area contributed by atoms with E-state index in [0.717, 1.165) is 0 Å². The van der Waals surface area contributed by atoms with E-state index in [0.29, 0.717) is 10.6 Å². The summed E-state index contributed by atoms with van der Waals surface area (Å²) in [5.74, 6) is 0.0185. The van der Waals surface area contributed by atoms with Gasteiger partial charge in [-0.3, -0.25) is 0 Å². The molecule has 15 heavy (non-hydrogen) atoms. The normalized spacial score (nSPS) is 8.40. The summed E-state index contributed by atoms with van der Waals surface area (Å²) in [6.45, 7) is 1.50. The maximum Gasteiger partial charge on any atom is 2.00 e. The Labute approximate surface area is 110 Å². The zero-order valence-corrected chi connectivity index (χ0v) is 10.7. The van der Waals surface area contributed by atoms with E-state index in [1.54, 1.807) is 18.2 Å². The third kappa shape index (κ3) is 5.13. The minimum Gasteiger partial charge on any atom is -0.352 e. The van der Waals surface area contributed by atoms with E-state index >= 15 is 0 Å². The number of Topliss-reactive ketones (excluding diaryl/α,β-unsaturated/α-hetero) is 1. The maximum atomic E-state index is 10.6. The van der Waals surface area contributed by atoms with Gasteiger partial charge in [0, 0.05) is 0 Å². The van der Waals surface area contributed by atoms with Gasteiger partial charge in [-0.15, -0.1) is 17.7 Å². The molecule has 0 spiro atoms. The summed E-state index contributed by atoms with van der Waals surface area (Å²) >= 11 is 5.61. The van der Waals surface area contributed by atoms with Crippen molar-refractivity contribution >= 4 is 17.4 Å². The Morgan fingerprint density at radius 3 is 2.13 bits per heavy atom. The molecule has 2 aromatic carbocycles. The van der Waals surface area contributed by atoms with Gasteiger partial charge in [0.25, 0.3) is 0 Å². The third-order valence-electron chi connectivity index (χ3n) is 1.70. The van der Waals surface area contributed by atoms with Crippen LogP contribution in [0.4, 0.5) is 0 Å². The largest absolute Gasteiger partial charge is 2.00 e. The summed E-state index contributed by atoms with van der Waals surface area (Å²) in [6.07, 6.45) is 0. The van der Waals surface area contributed by atoms with Crippen molar-refractivity contribution in [1.82, 2.24) is 0 Å². The summed E-state index contributed by atoms with van der Waals surface area (Å²) in [6, 6.07) is 15.2. The minimum atomic E-state index is 0. The van der Waals surface area contributed by atoms with Gasteiger partial charge in [-0.05, 0) is 11.9 Å². The van der Waals surface area contributed by atoms with Gasteiger partial charge in [0.2, 0.25) is 0 Å². The number of halogens is 1. The number of rotatable bonds is 1. The average Bonchev–Trinajstić information content (AvgIpc) is 2.74. The van der Waals surface area contributed by atoms with E-state index in [2.05, 4.69) is 0 Å². The zero-order chi connectivity index (χ0) is 10.4. The second-order valence-electron chi connectivity index (χ2n) is 2.81. The van der Waals surface area contributed by atoms with Crippen LogP contribution in [0.2, 0.25) is 5.02 Å². The van der Waals surface area contributed by atoms with Gasteiger partial charge in [0.15, 0.2) is 0 Å². The van der Waals surface area contributed by atoms with Crippen LogP contribution in [-0.4, -0.2) is 5.78 Å². The molecular formula is C12H11ClOTi. The number of hydrogen-bond donors (Lipinski definition) is 0. The molecule has 0 fully saturated rings. The van der Waals surface area contributed by atoms with Crippen molar-refractivity contribution in [2.75, 3.05) is 0 Å². The Hall–Kier alpha value is -0.626. The first-order valence-corrected chi connectivity index (χ1v) is 4.68. The molecule has 2 rings (SSSR count). The fraction of sp³-hybridized carbons (Fsp3) is 0.0833. The van der Waals surface area contributed by atoms with Crippen molar-refractivity contribution in [1.29, 1.82) is 0 Å². The van der Waals surface area contributed by atoms with E-state index in [9.17, 15) is 4.79 Å². The second kappa shape index (κ2) is 7.64. The first kappa shape index (κ1) is 14.4.